The standard InChI is InChI=1S/C9H11N3O/c1-12-8-4-3-6(13-2)5-7(8)9(10)11-12/h3-5H,1-2H3,(H2,10,11). The molecule has 0 saturated carbocycles. The van der Waals surface area contributed by atoms with Crippen molar-refractivity contribution in [3.05, 3.63) is 18.2 Å². The highest BCUT2D eigenvalue weighted by atomic mass is 16.5. The summed E-state index contributed by atoms with van der Waals surface area (Å²) in [5.74, 6) is 1.34. The minimum atomic E-state index is 0.538. The average Bonchev–Trinajstić information content (AvgIpc) is 2.42. The second-order valence-electron chi connectivity index (χ2n) is 2.89. The minimum absolute atomic E-state index is 0.538. The molecule has 0 amide bonds. The van der Waals surface area contributed by atoms with E-state index in [4.69, 9.17) is 10.5 Å². The van der Waals surface area contributed by atoms with Crippen molar-refractivity contribution in [2.45, 2.75) is 0 Å². The molecule has 0 saturated heterocycles. The largest absolute Gasteiger partial charge is 0.497 e. The summed E-state index contributed by atoms with van der Waals surface area (Å²) in [6.45, 7) is 0. The number of nitrogens with two attached hydrogens (primary N) is 1. The Balaban J connectivity index is 2.76. The van der Waals surface area contributed by atoms with E-state index in [1.807, 2.05) is 25.2 Å². The molecule has 2 rings (SSSR count). The number of rotatable bonds is 1. The van der Waals surface area contributed by atoms with Gasteiger partial charge in [0, 0.05) is 12.4 Å². The molecule has 13 heavy (non-hydrogen) atoms. The summed E-state index contributed by atoms with van der Waals surface area (Å²) in [4.78, 5) is 0. The molecule has 0 spiro atoms. The van der Waals surface area contributed by atoms with Crippen LogP contribution < -0.4 is 10.5 Å². The van der Waals surface area contributed by atoms with Crippen LogP contribution in [-0.4, -0.2) is 16.9 Å². The van der Waals surface area contributed by atoms with E-state index < -0.39 is 0 Å². The summed E-state index contributed by atoms with van der Waals surface area (Å²) < 4.78 is 6.85. The molecule has 0 fully saturated rings. The quantitative estimate of drug-likeness (QED) is 0.711. The zero-order chi connectivity index (χ0) is 9.42. The van der Waals surface area contributed by atoms with Gasteiger partial charge in [0.1, 0.15) is 5.75 Å². The van der Waals surface area contributed by atoms with E-state index in [1.165, 1.54) is 0 Å². The van der Waals surface area contributed by atoms with Crippen molar-refractivity contribution in [3.8, 4) is 5.75 Å². The number of hydrogen-bond donors (Lipinski definition) is 1. The Labute approximate surface area is 75.9 Å². The number of aryl methyl sites for hydroxylation is 1. The van der Waals surface area contributed by atoms with Crippen LogP contribution >= 0.6 is 0 Å². The first-order valence-electron chi connectivity index (χ1n) is 3.98. The molecule has 0 aliphatic rings. The number of benzene rings is 1. The van der Waals surface area contributed by atoms with Crippen LogP contribution in [0.3, 0.4) is 0 Å². The predicted molar refractivity (Wildman–Crippen MR) is 51.7 cm³/mol. The average molecular weight is 177 g/mol. The van der Waals surface area contributed by atoms with Gasteiger partial charge in [-0.3, -0.25) is 4.68 Å². The molecule has 0 aliphatic carbocycles. The lowest BCUT2D eigenvalue weighted by atomic mass is 10.2. The fourth-order valence-corrected chi connectivity index (χ4v) is 1.40. The van der Waals surface area contributed by atoms with Crippen LogP contribution in [0.25, 0.3) is 10.9 Å². The van der Waals surface area contributed by atoms with Gasteiger partial charge in [-0.1, -0.05) is 0 Å². The Morgan fingerprint density at radius 2 is 2.23 bits per heavy atom. The summed E-state index contributed by atoms with van der Waals surface area (Å²) in [7, 11) is 3.50. The Morgan fingerprint density at radius 3 is 2.92 bits per heavy atom. The number of fused-ring (bicyclic) bond motifs is 1. The first-order chi connectivity index (χ1) is 6.22. The molecule has 0 atom stereocenters. The van der Waals surface area contributed by atoms with Crippen molar-refractivity contribution >= 4 is 16.7 Å². The third-order valence-corrected chi connectivity index (χ3v) is 2.09. The van der Waals surface area contributed by atoms with E-state index in [1.54, 1.807) is 11.8 Å². The third kappa shape index (κ3) is 1.11. The van der Waals surface area contributed by atoms with Crippen LogP contribution in [-0.2, 0) is 7.05 Å². The van der Waals surface area contributed by atoms with Gasteiger partial charge in [-0.05, 0) is 18.2 Å². The molecule has 0 bridgehead atoms. The van der Waals surface area contributed by atoms with Gasteiger partial charge in [0.05, 0.1) is 12.6 Å². The number of ether oxygens (including phenoxy) is 1. The fourth-order valence-electron chi connectivity index (χ4n) is 1.40. The predicted octanol–water partition coefficient (Wildman–Crippen LogP) is 1.16. The van der Waals surface area contributed by atoms with E-state index in [0.29, 0.717) is 5.82 Å². The number of nitrogen functional groups attached to an aromatic ring is 1. The fraction of sp³-hybridized carbons (Fsp3) is 0.222. The maximum Gasteiger partial charge on any atom is 0.153 e. The highest BCUT2D eigenvalue weighted by molar-refractivity contribution is 5.90. The van der Waals surface area contributed by atoms with Crippen molar-refractivity contribution in [3.63, 3.8) is 0 Å². The Kier molecular flexibility index (Phi) is 1.62. The van der Waals surface area contributed by atoms with Gasteiger partial charge in [0.2, 0.25) is 0 Å². The molecule has 1 aromatic carbocycles. The van der Waals surface area contributed by atoms with E-state index in [0.717, 1.165) is 16.7 Å². The van der Waals surface area contributed by atoms with Crippen molar-refractivity contribution < 1.29 is 4.74 Å². The molecule has 0 aliphatic heterocycles. The van der Waals surface area contributed by atoms with Gasteiger partial charge in [0.15, 0.2) is 5.82 Å². The molecule has 0 radical (unpaired) electrons. The molecule has 1 aromatic heterocycles. The van der Waals surface area contributed by atoms with Crippen LogP contribution in [0.1, 0.15) is 0 Å². The highest BCUT2D eigenvalue weighted by Crippen LogP contribution is 2.24. The van der Waals surface area contributed by atoms with Gasteiger partial charge >= 0.3 is 0 Å². The van der Waals surface area contributed by atoms with Crippen molar-refractivity contribution in [2.24, 2.45) is 7.05 Å². The first kappa shape index (κ1) is 7.91. The van der Waals surface area contributed by atoms with Crippen molar-refractivity contribution in [1.82, 2.24) is 9.78 Å². The normalized spacial score (nSPS) is 10.6. The molecule has 68 valence electrons. The second kappa shape index (κ2) is 2.65. The monoisotopic (exact) mass is 177 g/mol. The molecule has 4 heteroatoms. The van der Waals surface area contributed by atoms with E-state index >= 15 is 0 Å². The summed E-state index contributed by atoms with van der Waals surface area (Å²) >= 11 is 0. The number of anilines is 1. The lowest BCUT2D eigenvalue weighted by Crippen LogP contribution is -1.91. The number of nitrogens with zero attached hydrogens (tertiary/aromatic N) is 2. The lowest BCUT2D eigenvalue weighted by Gasteiger charge is -1.98. The maximum atomic E-state index is 5.71. The van der Waals surface area contributed by atoms with E-state index in [9.17, 15) is 0 Å². The van der Waals surface area contributed by atoms with Crippen molar-refractivity contribution in [2.75, 3.05) is 12.8 Å². The Hall–Kier alpha value is -1.71. The summed E-state index contributed by atoms with van der Waals surface area (Å²) in [6, 6.07) is 5.72. The lowest BCUT2D eigenvalue weighted by molar-refractivity contribution is 0.415. The first-order valence-corrected chi connectivity index (χ1v) is 3.98. The maximum absolute atomic E-state index is 5.71. The Morgan fingerprint density at radius 1 is 1.46 bits per heavy atom. The van der Waals surface area contributed by atoms with Gasteiger partial charge in [-0.25, -0.2) is 0 Å². The summed E-state index contributed by atoms with van der Waals surface area (Å²) in [6.07, 6.45) is 0. The van der Waals surface area contributed by atoms with Crippen LogP contribution in [0, 0.1) is 0 Å². The molecule has 0 unspecified atom stereocenters. The van der Waals surface area contributed by atoms with Gasteiger partial charge in [-0.2, -0.15) is 5.10 Å². The Bertz CT molecular complexity index is 447. The molecule has 2 N–H and O–H groups in total. The van der Waals surface area contributed by atoms with Gasteiger partial charge in [0.25, 0.3) is 0 Å². The number of methoxy groups -OCH3 is 1. The van der Waals surface area contributed by atoms with E-state index in [-0.39, 0.29) is 0 Å². The molecule has 4 nitrogen and oxygen atoms in total. The number of hydrogen-bond acceptors (Lipinski definition) is 3. The molecular formula is C9H11N3O. The highest BCUT2D eigenvalue weighted by Gasteiger charge is 2.05. The summed E-state index contributed by atoms with van der Waals surface area (Å²) in [5, 5.41) is 5.04. The van der Waals surface area contributed by atoms with Crippen LogP contribution in [0.15, 0.2) is 18.2 Å². The van der Waals surface area contributed by atoms with Crippen LogP contribution in [0.4, 0.5) is 5.82 Å². The molecule has 2 aromatic rings. The minimum Gasteiger partial charge on any atom is -0.497 e. The topological polar surface area (TPSA) is 53.1 Å². The smallest absolute Gasteiger partial charge is 0.153 e. The van der Waals surface area contributed by atoms with Crippen molar-refractivity contribution in [1.29, 1.82) is 0 Å². The van der Waals surface area contributed by atoms with Gasteiger partial charge < -0.3 is 10.5 Å². The zero-order valence-corrected chi connectivity index (χ0v) is 7.61. The summed E-state index contributed by atoms with van der Waals surface area (Å²) in [5.41, 5.74) is 6.73. The second-order valence-corrected chi connectivity index (χ2v) is 2.89. The molecule has 1 heterocycles. The molecular weight excluding hydrogens is 166 g/mol. The third-order valence-electron chi connectivity index (χ3n) is 2.09. The van der Waals surface area contributed by atoms with Crippen LogP contribution in [0.2, 0.25) is 0 Å². The van der Waals surface area contributed by atoms with Crippen LogP contribution in [0.5, 0.6) is 5.75 Å². The zero-order valence-electron chi connectivity index (χ0n) is 7.61. The SMILES string of the molecule is COc1ccc2c(c1)c(N)nn2C. The van der Waals surface area contributed by atoms with Gasteiger partial charge in [-0.15, -0.1) is 0 Å². The van der Waals surface area contributed by atoms with E-state index in [2.05, 4.69) is 5.10 Å². The number of aromatic nitrogens is 2.